The van der Waals surface area contributed by atoms with Crippen LogP contribution in [-0.4, -0.2) is 29.4 Å². The summed E-state index contributed by atoms with van der Waals surface area (Å²) in [4.78, 5) is 15.7. The Labute approximate surface area is 183 Å². The van der Waals surface area contributed by atoms with E-state index in [4.69, 9.17) is 14.2 Å². The Bertz CT molecular complexity index is 982. The van der Waals surface area contributed by atoms with Crippen molar-refractivity contribution in [2.75, 3.05) is 13.7 Å². The lowest BCUT2D eigenvalue weighted by Crippen LogP contribution is -2.26. The minimum Gasteiger partial charge on any atom is -0.490 e. The Morgan fingerprint density at radius 2 is 1.97 bits per heavy atom. The van der Waals surface area contributed by atoms with Crippen LogP contribution >= 0.6 is 0 Å². The first-order valence-electron chi connectivity index (χ1n) is 11.6. The molecule has 4 atom stereocenters. The highest BCUT2D eigenvalue weighted by molar-refractivity contribution is 5.32. The van der Waals surface area contributed by atoms with Crippen LogP contribution in [0.2, 0.25) is 0 Å². The van der Waals surface area contributed by atoms with Crippen molar-refractivity contribution in [1.29, 1.82) is 0 Å². The highest BCUT2D eigenvalue weighted by Crippen LogP contribution is 2.61. The molecule has 3 aliphatic rings. The van der Waals surface area contributed by atoms with Crippen LogP contribution in [0, 0.1) is 11.3 Å². The summed E-state index contributed by atoms with van der Waals surface area (Å²) in [5.74, 6) is 2.38. The fourth-order valence-electron chi connectivity index (χ4n) is 6.30. The third-order valence-corrected chi connectivity index (χ3v) is 7.83. The first kappa shape index (κ1) is 20.6. The normalized spacial score (nSPS) is 29.3. The molecule has 0 radical (unpaired) electrons. The van der Waals surface area contributed by atoms with E-state index in [-0.39, 0.29) is 11.7 Å². The highest BCUT2D eigenvalue weighted by Gasteiger charge is 2.49. The number of ether oxygens (including phenoxy) is 3. The molecule has 2 aliphatic carbocycles. The lowest BCUT2D eigenvalue weighted by molar-refractivity contribution is 0.143. The average Bonchev–Trinajstić information content (AvgIpc) is 3.47. The van der Waals surface area contributed by atoms with Gasteiger partial charge in [0.1, 0.15) is 12.4 Å². The van der Waals surface area contributed by atoms with Crippen LogP contribution in [0.5, 0.6) is 11.8 Å². The number of hydrogen-bond donors (Lipinski definition) is 0. The molecule has 5 rings (SSSR count). The van der Waals surface area contributed by atoms with Gasteiger partial charge in [0.15, 0.2) is 6.10 Å². The van der Waals surface area contributed by atoms with Gasteiger partial charge in [-0.15, -0.1) is 0 Å². The minimum absolute atomic E-state index is 0.179. The molecular formula is C25H32N2O4. The fraction of sp³-hybridized carbons (Fsp3) is 0.600. The number of rotatable bonds is 6. The molecule has 6 nitrogen and oxygen atoms in total. The average molecular weight is 425 g/mol. The zero-order chi connectivity index (χ0) is 21.4. The predicted octanol–water partition coefficient (Wildman–Crippen LogP) is 4.30. The van der Waals surface area contributed by atoms with Gasteiger partial charge in [0.25, 0.3) is 5.56 Å². The summed E-state index contributed by atoms with van der Waals surface area (Å²) < 4.78 is 19.0. The van der Waals surface area contributed by atoms with Gasteiger partial charge in [-0.2, -0.15) is 4.98 Å². The molecular weight excluding hydrogens is 392 g/mol. The Morgan fingerprint density at radius 3 is 2.68 bits per heavy atom. The summed E-state index contributed by atoms with van der Waals surface area (Å²) in [6.07, 6.45) is 8.03. The van der Waals surface area contributed by atoms with Gasteiger partial charge in [-0.25, -0.2) is 0 Å². The van der Waals surface area contributed by atoms with E-state index < -0.39 is 0 Å². The molecule has 3 unspecified atom stereocenters. The number of hydrogen-bond acceptors (Lipinski definition) is 5. The van der Waals surface area contributed by atoms with Crippen LogP contribution in [0.15, 0.2) is 35.1 Å². The lowest BCUT2D eigenvalue weighted by Gasteiger charge is -2.36. The summed E-state index contributed by atoms with van der Waals surface area (Å²) in [5.41, 5.74) is 2.46. The Hall–Kier alpha value is -2.34. The Morgan fingerprint density at radius 1 is 1.19 bits per heavy atom. The zero-order valence-corrected chi connectivity index (χ0v) is 18.5. The van der Waals surface area contributed by atoms with Crippen molar-refractivity contribution in [3.05, 3.63) is 51.9 Å². The van der Waals surface area contributed by atoms with Gasteiger partial charge in [0.2, 0.25) is 0 Å². The second-order valence-corrected chi connectivity index (χ2v) is 9.50. The van der Waals surface area contributed by atoms with Crippen LogP contribution in [0.3, 0.4) is 0 Å². The molecule has 1 aromatic carbocycles. The van der Waals surface area contributed by atoms with E-state index in [1.165, 1.54) is 50.2 Å². The molecule has 6 heteroatoms. The van der Waals surface area contributed by atoms with Crippen LogP contribution in [0.1, 0.15) is 62.6 Å². The van der Waals surface area contributed by atoms with Gasteiger partial charge in [-0.1, -0.05) is 38.3 Å². The van der Waals surface area contributed by atoms with E-state index in [0.29, 0.717) is 37.1 Å². The summed E-state index contributed by atoms with van der Waals surface area (Å²) >= 11 is 0. The molecule has 0 saturated heterocycles. The molecule has 2 heterocycles. The van der Waals surface area contributed by atoms with Crippen LogP contribution in [-0.2, 0) is 17.9 Å². The first-order chi connectivity index (χ1) is 15.1. The van der Waals surface area contributed by atoms with Crippen molar-refractivity contribution in [3.63, 3.8) is 0 Å². The number of aromatic nitrogens is 2. The maximum atomic E-state index is 11.8. The largest absolute Gasteiger partial charge is 0.490 e. The Kier molecular flexibility index (Phi) is 5.51. The number of nitrogens with zero attached hydrogens (tertiary/aromatic N) is 2. The Balaban J connectivity index is 1.22. The monoisotopic (exact) mass is 424 g/mol. The minimum atomic E-state index is -0.309. The lowest BCUT2D eigenvalue weighted by atomic mass is 9.68. The second kappa shape index (κ2) is 8.30. The van der Waals surface area contributed by atoms with Gasteiger partial charge < -0.3 is 14.2 Å². The van der Waals surface area contributed by atoms with Crippen LogP contribution < -0.4 is 15.0 Å². The van der Waals surface area contributed by atoms with E-state index in [2.05, 4.69) is 36.2 Å². The van der Waals surface area contributed by atoms with Crippen molar-refractivity contribution in [1.82, 2.24) is 9.55 Å². The van der Waals surface area contributed by atoms with E-state index in [1.54, 1.807) is 7.11 Å². The molecule has 1 aromatic heterocycles. The first-order valence-corrected chi connectivity index (χ1v) is 11.6. The van der Waals surface area contributed by atoms with E-state index >= 15 is 0 Å². The van der Waals surface area contributed by atoms with Gasteiger partial charge in [-0.3, -0.25) is 9.36 Å². The molecule has 0 N–H and O–H groups in total. The van der Waals surface area contributed by atoms with Crippen LogP contribution in [0.25, 0.3) is 0 Å². The van der Waals surface area contributed by atoms with Gasteiger partial charge in [-0.05, 0) is 54.2 Å². The molecule has 166 valence electrons. The quantitative estimate of drug-likeness (QED) is 0.692. The molecule has 1 aliphatic heterocycles. The molecule has 0 bridgehead atoms. The van der Waals surface area contributed by atoms with Crippen molar-refractivity contribution >= 4 is 0 Å². The summed E-state index contributed by atoms with van der Waals surface area (Å²) in [5, 5.41) is 0. The van der Waals surface area contributed by atoms with E-state index in [1.807, 2.05) is 4.57 Å². The molecule has 2 saturated carbocycles. The van der Waals surface area contributed by atoms with Gasteiger partial charge in [0, 0.05) is 13.2 Å². The third-order valence-electron chi connectivity index (χ3n) is 7.83. The predicted molar refractivity (Wildman–Crippen MR) is 118 cm³/mol. The van der Waals surface area contributed by atoms with Gasteiger partial charge >= 0.3 is 6.01 Å². The maximum absolute atomic E-state index is 11.8. The van der Waals surface area contributed by atoms with Crippen molar-refractivity contribution in [2.45, 2.75) is 70.6 Å². The smallest absolute Gasteiger partial charge is 0.300 e. The molecule has 31 heavy (non-hydrogen) atoms. The fourth-order valence-corrected chi connectivity index (χ4v) is 6.30. The van der Waals surface area contributed by atoms with Crippen LogP contribution in [0.4, 0.5) is 0 Å². The molecule has 0 amide bonds. The van der Waals surface area contributed by atoms with E-state index in [9.17, 15) is 4.79 Å². The van der Waals surface area contributed by atoms with Crippen molar-refractivity contribution in [3.8, 4) is 11.8 Å². The zero-order valence-electron chi connectivity index (χ0n) is 18.5. The summed E-state index contributed by atoms with van der Waals surface area (Å²) in [7, 11) is 1.61. The summed E-state index contributed by atoms with van der Waals surface area (Å²) in [6, 6.07) is 10.6. The summed E-state index contributed by atoms with van der Waals surface area (Å²) in [6.45, 7) is 3.82. The molecule has 1 spiro atoms. The topological polar surface area (TPSA) is 62.6 Å². The SMILES string of the molecule is COCc1cc(=O)nc2n1C[C@@H](COc1ccc(C3CCCC34CCCC4C)cc1)O2. The molecule has 2 fully saturated rings. The maximum Gasteiger partial charge on any atom is 0.300 e. The van der Waals surface area contributed by atoms with E-state index in [0.717, 1.165) is 17.4 Å². The van der Waals surface area contributed by atoms with Crippen molar-refractivity contribution in [2.24, 2.45) is 11.3 Å². The number of benzene rings is 1. The number of fused-ring (bicyclic) bond motifs is 1. The standard InChI is InChI=1S/C25H32N2O4/c1-17-5-3-11-25(17)12-4-6-22(25)18-7-9-20(10-8-18)30-16-21-14-27-19(15-29-2)13-23(28)26-24(27)31-21/h7-10,13,17,21-22H,3-6,11-12,14-16H2,1-2H3/t17?,21-,22?,25?/m0/s1. The third kappa shape index (κ3) is 3.75. The van der Waals surface area contributed by atoms with Gasteiger partial charge in [0.05, 0.1) is 18.8 Å². The molecule has 2 aromatic rings. The van der Waals surface area contributed by atoms with Crippen molar-refractivity contribution < 1.29 is 14.2 Å². The second-order valence-electron chi connectivity index (χ2n) is 9.50. The number of methoxy groups -OCH3 is 1. The highest BCUT2D eigenvalue weighted by atomic mass is 16.6.